The van der Waals surface area contributed by atoms with Crippen LogP contribution in [-0.2, 0) is 4.79 Å². The van der Waals surface area contributed by atoms with E-state index in [2.05, 4.69) is 10.6 Å². The van der Waals surface area contributed by atoms with Crippen LogP contribution < -0.4 is 15.4 Å². The molecule has 0 aliphatic rings. The number of nitrogens with one attached hydrogen (secondary N) is 2. The Balaban J connectivity index is 2.54. The molecule has 5 nitrogen and oxygen atoms in total. The lowest BCUT2D eigenvalue weighted by molar-refractivity contribution is -0.120. The average molecular weight is 264 g/mol. The molecule has 0 fully saturated rings. The molecular formula is C14H20N2O3. The Morgan fingerprint density at radius 2 is 2.00 bits per heavy atom. The zero-order chi connectivity index (χ0) is 14.3. The predicted octanol–water partition coefficient (Wildman–Crippen LogP) is 1.34. The second-order valence-electron chi connectivity index (χ2n) is 4.26. The van der Waals surface area contributed by atoms with Crippen molar-refractivity contribution in [1.82, 2.24) is 10.6 Å². The SMILES string of the molecule is CCC(C)NC(=O)CNC(=O)c1ccccc1OC. The molecule has 0 heterocycles. The first-order valence-corrected chi connectivity index (χ1v) is 6.29. The zero-order valence-electron chi connectivity index (χ0n) is 11.5. The smallest absolute Gasteiger partial charge is 0.255 e. The second-order valence-corrected chi connectivity index (χ2v) is 4.26. The first kappa shape index (κ1) is 15.0. The molecule has 1 aromatic carbocycles. The van der Waals surface area contributed by atoms with Crippen molar-refractivity contribution in [2.24, 2.45) is 0 Å². The number of rotatable bonds is 6. The molecule has 1 aromatic rings. The van der Waals surface area contributed by atoms with Crippen LogP contribution in [0.2, 0.25) is 0 Å². The molecule has 5 heteroatoms. The number of benzene rings is 1. The lowest BCUT2D eigenvalue weighted by atomic mass is 10.2. The Bertz CT molecular complexity index is 446. The minimum Gasteiger partial charge on any atom is -0.496 e. The van der Waals surface area contributed by atoms with Crippen molar-refractivity contribution in [2.75, 3.05) is 13.7 Å². The highest BCUT2D eigenvalue weighted by atomic mass is 16.5. The molecule has 0 spiro atoms. The number of ether oxygens (including phenoxy) is 1. The maximum absolute atomic E-state index is 11.9. The number of para-hydroxylation sites is 1. The van der Waals surface area contributed by atoms with Crippen molar-refractivity contribution in [3.63, 3.8) is 0 Å². The van der Waals surface area contributed by atoms with Crippen LogP contribution in [0.4, 0.5) is 0 Å². The van der Waals surface area contributed by atoms with E-state index in [1.165, 1.54) is 7.11 Å². The van der Waals surface area contributed by atoms with Crippen LogP contribution in [0.1, 0.15) is 30.6 Å². The van der Waals surface area contributed by atoms with Gasteiger partial charge < -0.3 is 15.4 Å². The van der Waals surface area contributed by atoms with E-state index in [0.29, 0.717) is 11.3 Å². The molecule has 0 aliphatic carbocycles. The number of carbonyl (C=O) groups is 2. The Morgan fingerprint density at radius 3 is 2.63 bits per heavy atom. The first-order chi connectivity index (χ1) is 9.08. The molecule has 0 aromatic heterocycles. The van der Waals surface area contributed by atoms with Crippen molar-refractivity contribution in [2.45, 2.75) is 26.3 Å². The van der Waals surface area contributed by atoms with Crippen LogP contribution in [0.25, 0.3) is 0 Å². The fourth-order valence-corrected chi connectivity index (χ4v) is 1.52. The fourth-order valence-electron chi connectivity index (χ4n) is 1.52. The fraction of sp³-hybridized carbons (Fsp3) is 0.429. The summed E-state index contributed by atoms with van der Waals surface area (Å²) in [6.45, 7) is 3.86. The van der Waals surface area contributed by atoms with Gasteiger partial charge in [-0.05, 0) is 25.5 Å². The van der Waals surface area contributed by atoms with Crippen LogP contribution >= 0.6 is 0 Å². The normalized spacial score (nSPS) is 11.5. The Morgan fingerprint density at radius 1 is 1.32 bits per heavy atom. The van der Waals surface area contributed by atoms with Crippen molar-refractivity contribution >= 4 is 11.8 Å². The van der Waals surface area contributed by atoms with Crippen LogP contribution in [-0.4, -0.2) is 31.5 Å². The second kappa shape index (κ2) is 7.41. The van der Waals surface area contributed by atoms with E-state index >= 15 is 0 Å². The van der Waals surface area contributed by atoms with Crippen LogP contribution in [0.5, 0.6) is 5.75 Å². The maximum atomic E-state index is 11.9. The molecule has 2 N–H and O–H groups in total. The molecule has 104 valence electrons. The van der Waals surface area contributed by atoms with E-state index in [-0.39, 0.29) is 24.4 Å². The van der Waals surface area contributed by atoms with E-state index in [0.717, 1.165) is 6.42 Å². The summed E-state index contributed by atoms with van der Waals surface area (Å²) in [6, 6.07) is 6.99. The van der Waals surface area contributed by atoms with Gasteiger partial charge in [0, 0.05) is 6.04 Å². The first-order valence-electron chi connectivity index (χ1n) is 6.29. The van der Waals surface area contributed by atoms with Crippen LogP contribution in [0, 0.1) is 0 Å². The molecule has 1 unspecified atom stereocenters. The van der Waals surface area contributed by atoms with E-state index < -0.39 is 0 Å². The monoisotopic (exact) mass is 264 g/mol. The van der Waals surface area contributed by atoms with Gasteiger partial charge >= 0.3 is 0 Å². The summed E-state index contributed by atoms with van der Waals surface area (Å²) < 4.78 is 5.09. The molecule has 1 rings (SSSR count). The molecule has 0 radical (unpaired) electrons. The van der Waals surface area contributed by atoms with E-state index in [1.807, 2.05) is 13.8 Å². The van der Waals surface area contributed by atoms with Gasteiger partial charge in [0.15, 0.2) is 0 Å². The minimum atomic E-state index is -0.322. The molecule has 0 bridgehead atoms. The van der Waals surface area contributed by atoms with Crippen LogP contribution in [0.15, 0.2) is 24.3 Å². The lowest BCUT2D eigenvalue weighted by Crippen LogP contribution is -2.40. The molecule has 0 aliphatic heterocycles. The minimum absolute atomic E-state index is 0.0405. The molecule has 19 heavy (non-hydrogen) atoms. The quantitative estimate of drug-likeness (QED) is 0.814. The average Bonchev–Trinajstić information content (AvgIpc) is 2.44. The van der Waals surface area contributed by atoms with Gasteiger partial charge in [0.2, 0.25) is 5.91 Å². The Kier molecular flexibility index (Phi) is 5.85. The number of carbonyl (C=O) groups excluding carboxylic acids is 2. The summed E-state index contributed by atoms with van der Waals surface area (Å²) in [6.07, 6.45) is 0.853. The third-order valence-corrected chi connectivity index (χ3v) is 2.78. The maximum Gasteiger partial charge on any atom is 0.255 e. The van der Waals surface area contributed by atoms with Crippen molar-refractivity contribution in [3.05, 3.63) is 29.8 Å². The summed E-state index contributed by atoms with van der Waals surface area (Å²) in [4.78, 5) is 23.5. The number of methoxy groups -OCH3 is 1. The van der Waals surface area contributed by atoms with E-state index in [1.54, 1.807) is 24.3 Å². The summed E-state index contributed by atoms with van der Waals surface area (Å²) in [5.74, 6) is -0.0308. The summed E-state index contributed by atoms with van der Waals surface area (Å²) in [5, 5.41) is 5.35. The Hall–Kier alpha value is -2.04. The number of hydrogen-bond acceptors (Lipinski definition) is 3. The Labute approximate surface area is 113 Å². The highest BCUT2D eigenvalue weighted by Crippen LogP contribution is 2.16. The zero-order valence-corrected chi connectivity index (χ0v) is 11.5. The van der Waals surface area contributed by atoms with Crippen molar-refractivity contribution in [3.8, 4) is 5.75 Å². The molecular weight excluding hydrogens is 244 g/mol. The highest BCUT2D eigenvalue weighted by Gasteiger charge is 2.13. The van der Waals surface area contributed by atoms with Crippen molar-refractivity contribution in [1.29, 1.82) is 0 Å². The van der Waals surface area contributed by atoms with E-state index in [4.69, 9.17) is 4.74 Å². The third-order valence-electron chi connectivity index (χ3n) is 2.78. The molecule has 0 saturated heterocycles. The van der Waals surface area contributed by atoms with Gasteiger partial charge in [0.25, 0.3) is 5.91 Å². The van der Waals surface area contributed by atoms with Gasteiger partial charge in [-0.15, -0.1) is 0 Å². The van der Waals surface area contributed by atoms with Crippen molar-refractivity contribution < 1.29 is 14.3 Å². The summed E-state index contributed by atoms with van der Waals surface area (Å²) in [7, 11) is 1.50. The molecule has 0 saturated carbocycles. The number of amides is 2. The van der Waals surface area contributed by atoms with Gasteiger partial charge in [-0.2, -0.15) is 0 Å². The highest BCUT2D eigenvalue weighted by molar-refractivity contribution is 5.98. The molecule has 2 amide bonds. The van der Waals surface area contributed by atoms with Gasteiger partial charge in [0.05, 0.1) is 19.2 Å². The van der Waals surface area contributed by atoms with Gasteiger partial charge in [-0.3, -0.25) is 9.59 Å². The van der Waals surface area contributed by atoms with Gasteiger partial charge in [-0.25, -0.2) is 0 Å². The summed E-state index contributed by atoms with van der Waals surface area (Å²) >= 11 is 0. The predicted molar refractivity (Wildman–Crippen MR) is 73.2 cm³/mol. The lowest BCUT2D eigenvalue weighted by Gasteiger charge is -2.12. The molecule has 1 atom stereocenters. The number of hydrogen-bond donors (Lipinski definition) is 2. The van der Waals surface area contributed by atoms with Gasteiger partial charge in [0.1, 0.15) is 5.75 Å². The van der Waals surface area contributed by atoms with Gasteiger partial charge in [-0.1, -0.05) is 19.1 Å². The third kappa shape index (κ3) is 4.62. The topological polar surface area (TPSA) is 67.4 Å². The largest absolute Gasteiger partial charge is 0.496 e. The van der Waals surface area contributed by atoms with Crippen LogP contribution in [0.3, 0.4) is 0 Å². The standard InChI is InChI=1S/C14H20N2O3/c1-4-10(2)16-13(17)9-15-14(18)11-7-5-6-8-12(11)19-3/h5-8,10H,4,9H2,1-3H3,(H,15,18)(H,16,17). The van der Waals surface area contributed by atoms with E-state index in [9.17, 15) is 9.59 Å². The summed E-state index contributed by atoms with van der Waals surface area (Å²) in [5.41, 5.74) is 0.418.